The van der Waals surface area contributed by atoms with Crippen LogP contribution < -0.4 is 21.3 Å². The van der Waals surface area contributed by atoms with Gasteiger partial charge in [-0.15, -0.1) is 0 Å². The molecule has 0 aromatic heterocycles. The lowest BCUT2D eigenvalue weighted by molar-refractivity contribution is -0.143. The minimum atomic E-state index is -1.15. The third-order valence-corrected chi connectivity index (χ3v) is 13.0. The minimum absolute atomic E-state index is 0.0597. The van der Waals surface area contributed by atoms with Crippen LogP contribution in [-0.2, 0) is 30.5 Å². The lowest BCUT2D eigenvalue weighted by Gasteiger charge is -2.22. The summed E-state index contributed by atoms with van der Waals surface area (Å²) in [7, 11) is 1.30. The molecule has 4 unspecified atom stereocenters. The Labute approximate surface area is 387 Å². The van der Waals surface area contributed by atoms with Crippen LogP contribution in [0.3, 0.4) is 0 Å². The number of nitrogens with one attached hydrogen (secondary N) is 4. The summed E-state index contributed by atoms with van der Waals surface area (Å²) in [5, 5.41) is 24.3. The highest BCUT2D eigenvalue weighted by Gasteiger charge is 2.49. The van der Waals surface area contributed by atoms with Gasteiger partial charge in [-0.2, -0.15) is 0 Å². The second-order valence-electron chi connectivity index (χ2n) is 17.3. The first-order chi connectivity index (χ1) is 31.9. The molecule has 1 aromatic carbocycles. The highest BCUT2D eigenvalue weighted by molar-refractivity contribution is 6.24. The van der Waals surface area contributed by atoms with Crippen molar-refractivity contribution in [2.75, 3.05) is 20.2 Å². The van der Waals surface area contributed by atoms with Crippen LogP contribution in [0.2, 0.25) is 0 Å². The van der Waals surface area contributed by atoms with Crippen LogP contribution in [0.5, 0.6) is 0 Å². The minimum Gasteiger partial charge on any atom is -0.510 e. The normalized spacial score (nSPS) is 21.0. The monoisotopic (exact) mass is 895 g/mol. The third-order valence-electron chi connectivity index (χ3n) is 13.0. The van der Waals surface area contributed by atoms with Gasteiger partial charge in [0.15, 0.2) is 0 Å². The van der Waals surface area contributed by atoms with E-state index in [9.17, 15) is 24.3 Å². The average molecular weight is 896 g/mol. The number of unbranched alkanes of at least 4 members (excludes halogenated alkanes) is 2. The molecule has 14 nitrogen and oxygen atoms in total. The number of fused-ring (bicyclic) bond motifs is 5. The van der Waals surface area contributed by atoms with E-state index < -0.39 is 24.0 Å². The highest BCUT2D eigenvalue weighted by atomic mass is 16.5. The summed E-state index contributed by atoms with van der Waals surface area (Å²) in [6, 6.07) is 8.64. The van der Waals surface area contributed by atoms with Crippen molar-refractivity contribution in [3.8, 4) is 0 Å². The van der Waals surface area contributed by atoms with Crippen molar-refractivity contribution in [1.29, 1.82) is 0 Å². The number of aliphatic hydroxyl groups excluding tert-OH is 1. The molecule has 346 valence electrons. The Morgan fingerprint density at radius 1 is 0.939 bits per heavy atom. The molecular formula is C52H61N7O7. The number of alkyl carbamates (subject to hydrolysis) is 1. The van der Waals surface area contributed by atoms with Crippen molar-refractivity contribution in [1.82, 2.24) is 21.3 Å². The number of aliphatic imine (C=N–C) groups is 3. The van der Waals surface area contributed by atoms with E-state index in [1.165, 1.54) is 7.11 Å². The predicted octanol–water partition coefficient (Wildman–Crippen LogP) is 8.13. The number of amides is 3. The Morgan fingerprint density at radius 2 is 1.71 bits per heavy atom. The van der Waals surface area contributed by atoms with E-state index in [0.29, 0.717) is 72.6 Å². The summed E-state index contributed by atoms with van der Waals surface area (Å²) in [6.45, 7) is 15.2. The van der Waals surface area contributed by atoms with Gasteiger partial charge in [0.1, 0.15) is 24.3 Å². The van der Waals surface area contributed by atoms with Crippen molar-refractivity contribution < 1.29 is 33.8 Å². The Kier molecular flexibility index (Phi) is 15.0. The topological polar surface area (TPSA) is 192 Å². The first kappa shape index (κ1) is 47.1. The van der Waals surface area contributed by atoms with Crippen LogP contribution in [0.15, 0.2) is 150 Å². The quantitative estimate of drug-likeness (QED) is 0.0721. The fourth-order valence-corrected chi connectivity index (χ4v) is 9.20. The van der Waals surface area contributed by atoms with Crippen LogP contribution in [0, 0.1) is 17.8 Å². The summed E-state index contributed by atoms with van der Waals surface area (Å²) in [5.74, 6) is -3.04. The molecule has 1 aromatic rings. The predicted molar refractivity (Wildman–Crippen MR) is 256 cm³/mol. The smallest absolute Gasteiger partial charge is 0.407 e. The molecule has 0 spiro atoms. The van der Waals surface area contributed by atoms with Gasteiger partial charge >= 0.3 is 12.1 Å². The molecule has 8 bridgehead atoms. The van der Waals surface area contributed by atoms with Gasteiger partial charge in [0, 0.05) is 59.5 Å². The van der Waals surface area contributed by atoms with Crippen molar-refractivity contribution in [2.45, 2.75) is 98.6 Å². The van der Waals surface area contributed by atoms with Gasteiger partial charge in [0.25, 0.3) is 0 Å². The standard InChI is InChI=1S/C52H61N7O7/c1-8-11-22-53-50(62)37(19-15-16-23-54-52(64)66-28-32-17-13-12-14-18-32)57-43(60)21-20-36-30(5)39-26-38-29(4)35(10-3)42(56-38)25-34-24-33(9-2)41(55-34)27-40-31(6)44-48(59-40)45(47(36)58-39)46(49(44)61)51(63)65-7/h10,12-14,17-18,24-27,30,36-37,46,58,61H,3,8-9,11,15-16,19-23,28H2,1-2,4-7H3,(H,53,62)(H,54,64)(H,57,60). The molecular weight excluding hydrogens is 835 g/mol. The number of hydrogen-bond acceptors (Lipinski definition) is 11. The molecule has 5 aliphatic heterocycles. The Morgan fingerprint density at radius 3 is 2.44 bits per heavy atom. The second kappa shape index (κ2) is 21.0. The van der Waals surface area contributed by atoms with Gasteiger partial charge in [0.2, 0.25) is 11.8 Å². The fraction of sp³-hybridized carbons (Fsp3) is 0.404. The van der Waals surface area contributed by atoms with E-state index in [4.69, 9.17) is 24.5 Å². The van der Waals surface area contributed by atoms with E-state index in [1.54, 1.807) is 6.08 Å². The maximum atomic E-state index is 14.0. The number of carbonyl (C=O) groups is 4. The summed E-state index contributed by atoms with van der Waals surface area (Å²) in [6.07, 6.45) is 13.6. The van der Waals surface area contributed by atoms with Crippen LogP contribution in [0.4, 0.5) is 4.79 Å². The zero-order valence-corrected chi connectivity index (χ0v) is 38.8. The Bertz CT molecular complexity index is 2550. The molecule has 0 radical (unpaired) electrons. The van der Waals surface area contributed by atoms with Gasteiger partial charge in [-0.1, -0.05) is 70.2 Å². The fourth-order valence-electron chi connectivity index (χ4n) is 9.20. The van der Waals surface area contributed by atoms with E-state index in [-0.39, 0.29) is 42.4 Å². The molecule has 14 heteroatoms. The zero-order chi connectivity index (χ0) is 47.1. The number of carbonyl (C=O) groups excluding carboxylic acids is 4. The number of nitrogens with zero attached hydrogens (tertiary/aromatic N) is 3. The van der Waals surface area contributed by atoms with Crippen molar-refractivity contribution in [3.05, 3.63) is 141 Å². The van der Waals surface area contributed by atoms with Crippen molar-refractivity contribution in [3.63, 3.8) is 0 Å². The zero-order valence-electron chi connectivity index (χ0n) is 38.8. The van der Waals surface area contributed by atoms with E-state index in [0.717, 1.165) is 70.1 Å². The van der Waals surface area contributed by atoms with Crippen molar-refractivity contribution in [2.24, 2.45) is 32.7 Å². The van der Waals surface area contributed by atoms with Gasteiger partial charge in [0.05, 0.1) is 41.3 Å². The SMILES string of the molecule is C=CC1=C(C)C2=NC1=CC1=NC(=CC3=C(C)C4=C(O)C(C(=O)OC)C(=C5NC(=C2)C(C)C5CCC(=O)NC(CCCCNC(=O)OCc2ccccc2)C(=O)NCCCC)C4=N3)C(CC)=C1. The number of ether oxygens (including phenoxy) is 2. The Balaban J connectivity index is 1.15. The molecule has 6 aliphatic rings. The van der Waals surface area contributed by atoms with Gasteiger partial charge in [-0.25, -0.2) is 19.8 Å². The molecule has 7 rings (SSSR count). The molecule has 1 fully saturated rings. The van der Waals surface area contributed by atoms with Crippen LogP contribution in [0.25, 0.3) is 0 Å². The summed E-state index contributed by atoms with van der Waals surface area (Å²) in [4.78, 5) is 68.6. The maximum absolute atomic E-state index is 14.0. The number of allylic oxidation sites excluding steroid dienone is 11. The molecule has 0 saturated carbocycles. The number of rotatable bonds is 18. The number of esters is 1. The first-order valence-electron chi connectivity index (χ1n) is 23.1. The molecule has 1 saturated heterocycles. The molecule has 3 amide bonds. The number of benzene rings is 1. The van der Waals surface area contributed by atoms with Crippen LogP contribution in [0.1, 0.15) is 91.5 Å². The summed E-state index contributed by atoms with van der Waals surface area (Å²) in [5.41, 5.74) is 11.0. The average Bonchev–Trinajstić information content (AvgIpc) is 4.09. The molecule has 4 atom stereocenters. The molecule has 1 aliphatic carbocycles. The van der Waals surface area contributed by atoms with E-state index in [2.05, 4.69) is 47.8 Å². The van der Waals surface area contributed by atoms with Crippen LogP contribution in [-0.4, -0.2) is 72.4 Å². The number of methoxy groups -OCH3 is 1. The molecule has 66 heavy (non-hydrogen) atoms. The number of hydrogen-bond donors (Lipinski definition) is 5. The van der Waals surface area contributed by atoms with E-state index in [1.807, 2.05) is 69.3 Å². The first-order valence-corrected chi connectivity index (χ1v) is 23.1. The summed E-state index contributed by atoms with van der Waals surface area (Å²) >= 11 is 0. The van der Waals surface area contributed by atoms with Gasteiger partial charge in [-0.05, 0) is 99.0 Å². The summed E-state index contributed by atoms with van der Waals surface area (Å²) < 4.78 is 10.6. The van der Waals surface area contributed by atoms with Gasteiger partial charge in [-0.3, -0.25) is 14.4 Å². The lowest BCUT2D eigenvalue weighted by Crippen LogP contribution is -2.47. The molecule has 5 heterocycles. The molecule has 5 N–H and O–H groups in total. The highest BCUT2D eigenvalue weighted by Crippen LogP contribution is 2.49. The maximum Gasteiger partial charge on any atom is 0.407 e. The van der Waals surface area contributed by atoms with E-state index >= 15 is 0 Å². The van der Waals surface area contributed by atoms with Gasteiger partial charge < -0.3 is 35.8 Å². The van der Waals surface area contributed by atoms with Crippen LogP contribution >= 0.6 is 0 Å². The second-order valence-corrected chi connectivity index (χ2v) is 17.3. The lowest BCUT2D eigenvalue weighted by atomic mass is 9.84. The number of aliphatic hydroxyl groups is 1. The third kappa shape index (κ3) is 10.0. The van der Waals surface area contributed by atoms with Crippen molar-refractivity contribution >= 4 is 41.0 Å². The Hall–Kier alpha value is -6.83. The largest absolute Gasteiger partial charge is 0.510 e.